The average molecular weight is 288 g/mol. The molecule has 0 aliphatic rings. The Morgan fingerprint density at radius 2 is 1.95 bits per heavy atom. The molecule has 0 atom stereocenters. The number of amides is 1. The first-order chi connectivity index (χ1) is 9.99. The van der Waals surface area contributed by atoms with Gasteiger partial charge in [0.25, 0.3) is 0 Å². The molecule has 2 aromatic rings. The summed E-state index contributed by atoms with van der Waals surface area (Å²) in [4.78, 5) is 24.4. The van der Waals surface area contributed by atoms with Crippen LogP contribution >= 0.6 is 0 Å². The number of benzene rings is 1. The van der Waals surface area contributed by atoms with Crippen LogP contribution in [0.1, 0.15) is 20.3 Å². The van der Waals surface area contributed by atoms with Gasteiger partial charge in [0.05, 0.1) is 0 Å². The van der Waals surface area contributed by atoms with Crippen molar-refractivity contribution in [3.63, 3.8) is 0 Å². The van der Waals surface area contributed by atoms with Crippen molar-refractivity contribution >= 4 is 22.8 Å². The highest BCUT2D eigenvalue weighted by Gasteiger charge is 2.19. The fraction of sp³-hybridized carbons (Fsp3) is 0.375. The highest BCUT2D eigenvalue weighted by molar-refractivity contribution is 5.82. The number of nitrogens with zero attached hydrogens (tertiary/aromatic N) is 2. The molecule has 1 aromatic carbocycles. The Labute approximate surface area is 123 Å². The van der Waals surface area contributed by atoms with E-state index in [4.69, 9.17) is 5.11 Å². The van der Waals surface area contributed by atoms with Crippen molar-refractivity contribution in [3.8, 4) is 0 Å². The molecule has 0 saturated heterocycles. The SMILES string of the molecule is CC(C)N(CC(=O)O)C(=O)CCn1ccc2ccccc21. The zero-order valence-corrected chi connectivity index (χ0v) is 12.3. The topological polar surface area (TPSA) is 62.5 Å². The van der Waals surface area contributed by atoms with Crippen LogP contribution in [-0.2, 0) is 16.1 Å². The average Bonchev–Trinajstić information content (AvgIpc) is 2.85. The van der Waals surface area contributed by atoms with Gasteiger partial charge in [-0.3, -0.25) is 9.59 Å². The number of aliphatic carboxylic acids is 1. The van der Waals surface area contributed by atoms with Gasteiger partial charge in [0.1, 0.15) is 6.54 Å². The number of hydrogen-bond acceptors (Lipinski definition) is 2. The zero-order valence-electron chi connectivity index (χ0n) is 12.3. The molecule has 1 heterocycles. The van der Waals surface area contributed by atoms with Crippen molar-refractivity contribution in [1.29, 1.82) is 0 Å². The van der Waals surface area contributed by atoms with E-state index in [1.165, 1.54) is 4.90 Å². The molecule has 0 aliphatic heterocycles. The number of rotatable bonds is 6. The van der Waals surface area contributed by atoms with E-state index in [0.717, 1.165) is 10.9 Å². The molecular weight excluding hydrogens is 268 g/mol. The van der Waals surface area contributed by atoms with Crippen LogP contribution in [0.4, 0.5) is 0 Å². The number of aromatic nitrogens is 1. The fourth-order valence-electron chi connectivity index (χ4n) is 2.40. The van der Waals surface area contributed by atoms with Gasteiger partial charge >= 0.3 is 5.97 Å². The van der Waals surface area contributed by atoms with Crippen LogP contribution < -0.4 is 0 Å². The largest absolute Gasteiger partial charge is 0.480 e. The van der Waals surface area contributed by atoms with Crippen LogP contribution in [0, 0.1) is 0 Å². The third-order valence-electron chi connectivity index (χ3n) is 3.50. The number of hydrogen-bond donors (Lipinski definition) is 1. The van der Waals surface area contributed by atoms with E-state index < -0.39 is 5.97 Å². The molecule has 5 nitrogen and oxygen atoms in total. The van der Waals surface area contributed by atoms with E-state index in [1.54, 1.807) is 0 Å². The second kappa shape index (κ2) is 6.43. The molecule has 21 heavy (non-hydrogen) atoms. The van der Waals surface area contributed by atoms with E-state index in [0.29, 0.717) is 13.0 Å². The summed E-state index contributed by atoms with van der Waals surface area (Å²) in [7, 11) is 0. The molecule has 0 unspecified atom stereocenters. The Morgan fingerprint density at radius 3 is 2.62 bits per heavy atom. The second-order valence-electron chi connectivity index (χ2n) is 5.33. The molecule has 2 rings (SSSR count). The number of fused-ring (bicyclic) bond motifs is 1. The van der Waals surface area contributed by atoms with E-state index in [2.05, 4.69) is 0 Å². The quantitative estimate of drug-likeness (QED) is 0.887. The van der Waals surface area contributed by atoms with E-state index in [-0.39, 0.29) is 18.5 Å². The third kappa shape index (κ3) is 3.62. The predicted molar refractivity (Wildman–Crippen MR) is 81.0 cm³/mol. The number of carboxylic acid groups (broad SMARTS) is 1. The molecule has 1 aromatic heterocycles. The van der Waals surface area contributed by atoms with Gasteiger partial charge in [-0.25, -0.2) is 0 Å². The number of carboxylic acids is 1. The monoisotopic (exact) mass is 288 g/mol. The van der Waals surface area contributed by atoms with E-state index >= 15 is 0 Å². The summed E-state index contributed by atoms with van der Waals surface area (Å²) in [5.74, 6) is -1.12. The van der Waals surface area contributed by atoms with Gasteiger partial charge in [-0.05, 0) is 31.4 Å². The molecule has 1 N–H and O–H groups in total. The lowest BCUT2D eigenvalue weighted by molar-refractivity contribution is -0.145. The zero-order chi connectivity index (χ0) is 15.4. The molecule has 1 amide bonds. The number of carbonyl (C=O) groups is 2. The van der Waals surface area contributed by atoms with Crippen LogP contribution in [-0.4, -0.2) is 39.0 Å². The second-order valence-corrected chi connectivity index (χ2v) is 5.33. The molecule has 0 radical (unpaired) electrons. The standard InChI is InChI=1S/C16H20N2O3/c1-12(2)18(11-16(20)21)15(19)8-10-17-9-7-13-5-3-4-6-14(13)17/h3-7,9,12H,8,10-11H2,1-2H3,(H,20,21). The smallest absolute Gasteiger partial charge is 0.323 e. The van der Waals surface area contributed by atoms with Gasteiger partial charge < -0.3 is 14.6 Å². The summed E-state index contributed by atoms with van der Waals surface area (Å²) in [6.45, 7) is 3.95. The maximum absolute atomic E-state index is 12.2. The normalized spacial score (nSPS) is 11.0. The first-order valence-electron chi connectivity index (χ1n) is 7.04. The predicted octanol–water partition coefficient (Wildman–Crippen LogP) is 2.35. The highest BCUT2D eigenvalue weighted by atomic mass is 16.4. The lowest BCUT2D eigenvalue weighted by Crippen LogP contribution is -2.40. The minimum Gasteiger partial charge on any atom is -0.480 e. The summed E-state index contributed by atoms with van der Waals surface area (Å²) in [5.41, 5.74) is 1.08. The minimum absolute atomic E-state index is 0.116. The van der Waals surface area contributed by atoms with Crippen molar-refractivity contribution in [2.45, 2.75) is 32.9 Å². The number of carbonyl (C=O) groups excluding carboxylic acids is 1. The van der Waals surface area contributed by atoms with E-state index in [9.17, 15) is 9.59 Å². The first-order valence-corrected chi connectivity index (χ1v) is 7.04. The number of aryl methyl sites for hydroxylation is 1. The molecule has 0 bridgehead atoms. The van der Waals surface area contributed by atoms with Crippen molar-refractivity contribution in [2.24, 2.45) is 0 Å². The molecule has 0 fully saturated rings. The van der Waals surface area contributed by atoms with Crippen LogP contribution in [0.15, 0.2) is 36.5 Å². The highest BCUT2D eigenvalue weighted by Crippen LogP contribution is 2.15. The van der Waals surface area contributed by atoms with Crippen LogP contribution in [0.2, 0.25) is 0 Å². The van der Waals surface area contributed by atoms with Crippen molar-refractivity contribution in [1.82, 2.24) is 9.47 Å². The van der Waals surface area contributed by atoms with Crippen molar-refractivity contribution in [2.75, 3.05) is 6.54 Å². The molecule has 5 heteroatoms. The van der Waals surface area contributed by atoms with E-state index in [1.807, 2.05) is 54.9 Å². The molecule has 112 valence electrons. The Hall–Kier alpha value is -2.30. The molecular formula is C16H20N2O3. The van der Waals surface area contributed by atoms with Gasteiger partial charge in [0, 0.05) is 30.7 Å². The van der Waals surface area contributed by atoms with Crippen LogP contribution in [0.3, 0.4) is 0 Å². The maximum Gasteiger partial charge on any atom is 0.323 e. The molecule has 0 saturated carbocycles. The third-order valence-corrected chi connectivity index (χ3v) is 3.50. The summed E-state index contributed by atoms with van der Waals surface area (Å²) in [6, 6.07) is 9.87. The van der Waals surface area contributed by atoms with Gasteiger partial charge in [-0.15, -0.1) is 0 Å². The van der Waals surface area contributed by atoms with Gasteiger partial charge in [-0.1, -0.05) is 18.2 Å². The fourth-order valence-corrected chi connectivity index (χ4v) is 2.40. The van der Waals surface area contributed by atoms with Crippen molar-refractivity contribution < 1.29 is 14.7 Å². The Bertz CT molecular complexity index is 646. The maximum atomic E-state index is 12.2. The Kier molecular flexibility index (Phi) is 4.62. The molecule has 0 spiro atoms. The van der Waals surface area contributed by atoms with Crippen molar-refractivity contribution in [3.05, 3.63) is 36.5 Å². The Morgan fingerprint density at radius 1 is 1.24 bits per heavy atom. The van der Waals surface area contributed by atoms with Crippen LogP contribution in [0.25, 0.3) is 10.9 Å². The van der Waals surface area contributed by atoms with Crippen LogP contribution in [0.5, 0.6) is 0 Å². The minimum atomic E-state index is -0.983. The Balaban J connectivity index is 2.04. The summed E-state index contributed by atoms with van der Waals surface area (Å²) in [5, 5.41) is 10.0. The summed E-state index contributed by atoms with van der Waals surface area (Å²) < 4.78 is 2.02. The lowest BCUT2D eigenvalue weighted by Gasteiger charge is -2.25. The summed E-state index contributed by atoms with van der Waals surface area (Å²) >= 11 is 0. The number of para-hydroxylation sites is 1. The van der Waals surface area contributed by atoms with Gasteiger partial charge in [-0.2, -0.15) is 0 Å². The molecule has 0 aliphatic carbocycles. The van der Waals surface area contributed by atoms with Gasteiger partial charge in [0.15, 0.2) is 0 Å². The first kappa shape index (κ1) is 15.1. The summed E-state index contributed by atoms with van der Waals surface area (Å²) in [6.07, 6.45) is 2.25. The van der Waals surface area contributed by atoms with Gasteiger partial charge in [0.2, 0.25) is 5.91 Å². The lowest BCUT2D eigenvalue weighted by atomic mass is 10.2.